The summed E-state index contributed by atoms with van der Waals surface area (Å²) in [6.07, 6.45) is 65.1. The SMILES string of the molecule is CCCCCCCCCCCCCCCCCCCC(=O)OC[C@H](COP(=O)(O)OC[C@@H](O)COP(=O)(O)OC[C@@H](COC(=O)CCCCCCCCCCC)OC(=O)CCCCCCCCCCCCCCCCCC)OC(=O)CCCCCCCCCCCCCCCCC(C)CC. The molecule has 0 rings (SSSR count). The molecule has 0 aromatic rings. The Morgan fingerprint density at radius 2 is 0.480 bits per heavy atom. The molecular weight excluding hydrogens is 1310 g/mol. The maximum Gasteiger partial charge on any atom is 0.472 e. The molecule has 6 atom stereocenters. The van der Waals surface area contributed by atoms with Gasteiger partial charge in [-0.25, -0.2) is 9.13 Å². The third-order valence-electron chi connectivity index (χ3n) is 19.4. The summed E-state index contributed by atoms with van der Waals surface area (Å²) >= 11 is 0. The highest BCUT2D eigenvalue weighted by molar-refractivity contribution is 7.47. The largest absolute Gasteiger partial charge is 0.472 e. The van der Waals surface area contributed by atoms with E-state index in [1.54, 1.807) is 0 Å². The van der Waals surface area contributed by atoms with Crippen LogP contribution in [-0.2, 0) is 65.4 Å². The highest BCUT2D eigenvalue weighted by Gasteiger charge is 2.30. The second-order valence-corrected chi connectivity index (χ2v) is 32.3. The number of esters is 4. The number of hydrogen-bond donors (Lipinski definition) is 3. The van der Waals surface area contributed by atoms with Gasteiger partial charge >= 0.3 is 39.5 Å². The Morgan fingerprint density at radius 1 is 0.280 bits per heavy atom. The van der Waals surface area contributed by atoms with Crippen LogP contribution in [0.25, 0.3) is 0 Å². The van der Waals surface area contributed by atoms with E-state index in [-0.39, 0.29) is 25.7 Å². The number of ether oxygens (including phenoxy) is 4. The quantitative estimate of drug-likeness (QED) is 0.0222. The summed E-state index contributed by atoms with van der Waals surface area (Å²) in [5.41, 5.74) is 0. The van der Waals surface area contributed by atoms with E-state index in [0.29, 0.717) is 25.7 Å². The van der Waals surface area contributed by atoms with Gasteiger partial charge in [0.25, 0.3) is 0 Å². The normalized spacial score (nSPS) is 14.1. The van der Waals surface area contributed by atoms with Gasteiger partial charge in [-0.3, -0.25) is 37.3 Å². The molecule has 0 aliphatic carbocycles. The first kappa shape index (κ1) is 98.1. The van der Waals surface area contributed by atoms with Crippen molar-refractivity contribution >= 4 is 39.5 Å². The van der Waals surface area contributed by atoms with E-state index in [1.807, 2.05) is 0 Å². The fourth-order valence-electron chi connectivity index (χ4n) is 12.6. The first-order chi connectivity index (χ1) is 48.6. The molecule has 3 unspecified atom stereocenters. The zero-order chi connectivity index (χ0) is 73.4. The van der Waals surface area contributed by atoms with Crippen LogP contribution in [0.3, 0.4) is 0 Å². The average molecular weight is 1470 g/mol. The third kappa shape index (κ3) is 73.0. The van der Waals surface area contributed by atoms with Crippen LogP contribution in [-0.4, -0.2) is 96.7 Å². The fourth-order valence-corrected chi connectivity index (χ4v) is 14.1. The highest BCUT2D eigenvalue weighted by Crippen LogP contribution is 2.45. The summed E-state index contributed by atoms with van der Waals surface area (Å²) < 4.78 is 68.7. The minimum atomic E-state index is -4.96. The second kappa shape index (κ2) is 73.9. The number of aliphatic hydroxyl groups is 1. The molecule has 0 aromatic carbocycles. The first-order valence-corrected chi connectivity index (χ1v) is 45.2. The van der Waals surface area contributed by atoms with Crippen molar-refractivity contribution in [2.45, 2.75) is 451 Å². The Kier molecular flexibility index (Phi) is 72.5. The number of carbonyl (C=O) groups is 4. The summed E-state index contributed by atoms with van der Waals surface area (Å²) in [5, 5.41) is 10.6. The predicted molar refractivity (Wildman–Crippen MR) is 409 cm³/mol. The van der Waals surface area contributed by atoms with Crippen molar-refractivity contribution in [3.63, 3.8) is 0 Å². The van der Waals surface area contributed by atoms with Crippen molar-refractivity contribution < 1.29 is 80.2 Å². The van der Waals surface area contributed by atoms with Crippen LogP contribution < -0.4 is 0 Å². The molecule has 0 radical (unpaired) electrons. The summed E-state index contributed by atoms with van der Waals surface area (Å²) in [6.45, 7) is 7.38. The Morgan fingerprint density at radius 3 is 0.710 bits per heavy atom. The number of unbranched alkanes of at least 4 members (excludes halogenated alkanes) is 52. The van der Waals surface area contributed by atoms with Gasteiger partial charge in [0.15, 0.2) is 12.2 Å². The van der Waals surface area contributed by atoms with Crippen molar-refractivity contribution in [3.8, 4) is 0 Å². The second-order valence-electron chi connectivity index (χ2n) is 29.4. The van der Waals surface area contributed by atoms with Gasteiger partial charge in [0.2, 0.25) is 0 Å². The Hall–Kier alpha value is -1.94. The van der Waals surface area contributed by atoms with Crippen LogP contribution in [0.2, 0.25) is 0 Å². The molecule has 0 heterocycles. The van der Waals surface area contributed by atoms with Crippen LogP contribution in [0.15, 0.2) is 0 Å². The van der Waals surface area contributed by atoms with E-state index in [0.717, 1.165) is 95.8 Å². The molecule has 100 heavy (non-hydrogen) atoms. The Balaban J connectivity index is 5.22. The van der Waals surface area contributed by atoms with Gasteiger partial charge in [0.1, 0.15) is 19.3 Å². The van der Waals surface area contributed by atoms with Crippen LogP contribution in [0.5, 0.6) is 0 Å². The van der Waals surface area contributed by atoms with E-state index in [9.17, 15) is 43.2 Å². The topological polar surface area (TPSA) is 237 Å². The van der Waals surface area contributed by atoms with Crippen LogP contribution in [0.4, 0.5) is 0 Å². The van der Waals surface area contributed by atoms with Crippen molar-refractivity contribution in [2.75, 3.05) is 39.6 Å². The molecule has 3 N–H and O–H groups in total. The molecule has 0 aromatic heterocycles. The van der Waals surface area contributed by atoms with E-state index in [1.165, 1.54) is 257 Å². The van der Waals surface area contributed by atoms with Gasteiger partial charge in [0, 0.05) is 25.7 Å². The van der Waals surface area contributed by atoms with Gasteiger partial charge < -0.3 is 33.8 Å². The molecule has 0 amide bonds. The lowest BCUT2D eigenvalue weighted by atomic mass is 9.99. The number of phosphoric acid groups is 2. The standard InChI is InChI=1S/C81H158O17P2/c1-6-10-13-16-19-22-24-26-28-30-32-36-40-45-50-55-60-65-79(84)92-71-77(98-81(86)67-62-57-52-47-42-38-34-33-35-39-44-48-53-58-63-74(5)9-4)73-96-100(89,90)94-69-75(82)68-93-99(87,88)95-72-76(70-91-78(83)64-59-54-49-43-21-18-15-12-8-3)97-80(85)66-61-56-51-46-41-37-31-29-27-25-23-20-17-14-11-7-2/h74-77,82H,6-73H2,1-5H3,(H,87,88)(H,89,90)/t74?,75-,76+,77+/m0/s1. The minimum absolute atomic E-state index is 0.109. The van der Waals surface area contributed by atoms with E-state index >= 15 is 0 Å². The summed E-state index contributed by atoms with van der Waals surface area (Å²) in [7, 11) is -9.92. The number of aliphatic hydroxyl groups excluding tert-OH is 1. The van der Waals surface area contributed by atoms with Gasteiger partial charge in [-0.05, 0) is 31.6 Å². The molecule has 0 saturated heterocycles. The minimum Gasteiger partial charge on any atom is -0.462 e. The third-order valence-corrected chi connectivity index (χ3v) is 21.3. The highest BCUT2D eigenvalue weighted by atomic mass is 31.2. The summed E-state index contributed by atoms with van der Waals surface area (Å²) in [5.74, 6) is -1.26. The van der Waals surface area contributed by atoms with Crippen molar-refractivity contribution in [3.05, 3.63) is 0 Å². The maximum atomic E-state index is 13.1. The first-order valence-electron chi connectivity index (χ1n) is 42.2. The molecule has 0 bridgehead atoms. The molecule has 0 fully saturated rings. The van der Waals surface area contributed by atoms with Crippen LogP contribution in [0, 0.1) is 5.92 Å². The molecule has 19 heteroatoms. The molecule has 0 aliphatic rings. The van der Waals surface area contributed by atoms with Crippen LogP contribution in [0.1, 0.15) is 433 Å². The zero-order valence-corrected chi connectivity index (χ0v) is 67.1. The Labute approximate surface area is 613 Å². The van der Waals surface area contributed by atoms with E-state index in [2.05, 4.69) is 34.6 Å². The van der Waals surface area contributed by atoms with E-state index in [4.69, 9.17) is 37.0 Å². The maximum absolute atomic E-state index is 13.1. The van der Waals surface area contributed by atoms with Crippen molar-refractivity contribution in [1.82, 2.24) is 0 Å². The predicted octanol–water partition coefficient (Wildman–Crippen LogP) is 24.4. The van der Waals surface area contributed by atoms with Crippen molar-refractivity contribution in [2.24, 2.45) is 5.92 Å². The monoisotopic (exact) mass is 1470 g/mol. The fraction of sp³-hybridized carbons (Fsp3) is 0.951. The molecule has 0 spiro atoms. The molecule has 594 valence electrons. The summed E-state index contributed by atoms with van der Waals surface area (Å²) in [6, 6.07) is 0. The van der Waals surface area contributed by atoms with Crippen molar-refractivity contribution in [1.29, 1.82) is 0 Å². The van der Waals surface area contributed by atoms with Gasteiger partial charge in [-0.1, -0.05) is 381 Å². The van der Waals surface area contributed by atoms with E-state index < -0.39 is 97.5 Å². The van der Waals surface area contributed by atoms with Crippen LogP contribution >= 0.6 is 15.6 Å². The smallest absolute Gasteiger partial charge is 0.462 e. The summed E-state index contributed by atoms with van der Waals surface area (Å²) in [4.78, 5) is 73.0. The van der Waals surface area contributed by atoms with Gasteiger partial charge in [-0.15, -0.1) is 0 Å². The number of carbonyl (C=O) groups excluding carboxylic acids is 4. The van der Waals surface area contributed by atoms with Gasteiger partial charge in [0.05, 0.1) is 26.4 Å². The molecular formula is C81H158O17P2. The average Bonchev–Trinajstić information content (AvgIpc) is 0.947. The lowest BCUT2D eigenvalue weighted by Crippen LogP contribution is -2.30. The number of hydrogen-bond acceptors (Lipinski definition) is 15. The molecule has 17 nitrogen and oxygen atoms in total. The lowest BCUT2D eigenvalue weighted by molar-refractivity contribution is -0.161. The Bertz CT molecular complexity index is 1910. The number of phosphoric ester groups is 2. The zero-order valence-electron chi connectivity index (χ0n) is 65.3. The molecule has 0 saturated carbocycles. The molecule has 0 aliphatic heterocycles. The van der Waals surface area contributed by atoms with Gasteiger partial charge in [-0.2, -0.15) is 0 Å². The lowest BCUT2D eigenvalue weighted by Gasteiger charge is -2.21. The number of rotatable bonds is 81.